The second-order valence-electron chi connectivity index (χ2n) is 6.78. The lowest BCUT2D eigenvalue weighted by molar-refractivity contribution is -0.158. The number of hydrogen-bond donors (Lipinski definition) is 1. The first-order chi connectivity index (χ1) is 10.4. The van der Waals surface area contributed by atoms with Crippen molar-refractivity contribution in [1.29, 1.82) is 0 Å². The first-order valence-corrected chi connectivity index (χ1v) is 8.15. The lowest BCUT2D eigenvalue weighted by Crippen LogP contribution is -2.68. The maximum absolute atomic E-state index is 5.99. The number of fused-ring (bicyclic) bond motifs is 3. The van der Waals surface area contributed by atoms with Gasteiger partial charge in [-0.25, -0.2) is 0 Å². The van der Waals surface area contributed by atoms with Gasteiger partial charge in [-0.1, -0.05) is 12.5 Å². The fraction of sp³-hybridized carbons (Fsp3) is 0.647. The van der Waals surface area contributed by atoms with E-state index in [4.69, 9.17) is 14.2 Å². The molecule has 1 spiro atoms. The summed E-state index contributed by atoms with van der Waals surface area (Å²) in [6.07, 6.45) is 5.64. The van der Waals surface area contributed by atoms with Gasteiger partial charge in [0.2, 0.25) is 0 Å². The lowest BCUT2D eigenvalue weighted by atomic mass is 9.46. The normalized spacial score (nSPS) is 34.8. The molecule has 1 aromatic rings. The summed E-state index contributed by atoms with van der Waals surface area (Å²) >= 11 is 0. The van der Waals surface area contributed by atoms with Gasteiger partial charge in [-0.2, -0.15) is 0 Å². The quantitative estimate of drug-likeness (QED) is 0.908. The van der Waals surface area contributed by atoms with E-state index in [1.54, 1.807) is 0 Å². The second kappa shape index (κ2) is 4.29. The van der Waals surface area contributed by atoms with Gasteiger partial charge in [0.25, 0.3) is 0 Å². The molecular formula is C17H21NO3. The molecule has 0 aromatic heterocycles. The van der Waals surface area contributed by atoms with Crippen LogP contribution in [0.15, 0.2) is 18.2 Å². The van der Waals surface area contributed by atoms with Gasteiger partial charge in [0.1, 0.15) is 13.2 Å². The molecule has 2 aliphatic carbocycles. The lowest BCUT2D eigenvalue weighted by Gasteiger charge is -2.63. The van der Waals surface area contributed by atoms with Crippen LogP contribution in [0.4, 0.5) is 5.69 Å². The molecule has 1 N–H and O–H groups in total. The Kier molecular flexibility index (Phi) is 2.48. The molecule has 2 saturated carbocycles. The van der Waals surface area contributed by atoms with Crippen LogP contribution >= 0.6 is 0 Å². The second-order valence-corrected chi connectivity index (χ2v) is 6.78. The van der Waals surface area contributed by atoms with E-state index in [1.807, 2.05) is 12.1 Å². The first kappa shape index (κ1) is 12.2. The number of benzene rings is 1. The standard InChI is InChI=1S/C17H21NO3/c1-3-12(14-13(4-1)19-9-10-20-14)18-15-11-5-8-21-16(11)17(15)6-2-7-17/h1,3-4,11,15-16,18H,2,5-10H2. The highest BCUT2D eigenvalue weighted by atomic mass is 16.6. The SMILES string of the molecule is c1cc(NC2C3CCOC3C23CCC3)c2c(c1)OCCO2. The number of ether oxygens (including phenoxy) is 3. The summed E-state index contributed by atoms with van der Waals surface area (Å²) in [7, 11) is 0. The fourth-order valence-electron chi connectivity index (χ4n) is 4.81. The minimum atomic E-state index is 0.388. The van der Waals surface area contributed by atoms with Crippen LogP contribution in [0.2, 0.25) is 0 Å². The molecule has 4 aliphatic rings. The van der Waals surface area contributed by atoms with E-state index < -0.39 is 0 Å². The van der Waals surface area contributed by atoms with Crippen molar-refractivity contribution in [3.8, 4) is 11.5 Å². The van der Waals surface area contributed by atoms with Crippen molar-refractivity contribution >= 4 is 5.69 Å². The Morgan fingerprint density at radius 2 is 2.00 bits per heavy atom. The molecule has 0 bridgehead atoms. The summed E-state index contributed by atoms with van der Waals surface area (Å²) in [5.41, 5.74) is 1.48. The molecule has 21 heavy (non-hydrogen) atoms. The average molecular weight is 287 g/mol. The van der Waals surface area contributed by atoms with Gasteiger partial charge in [-0.05, 0) is 31.4 Å². The molecule has 1 saturated heterocycles. The van der Waals surface area contributed by atoms with E-state index in [0.29, 0.717) is 36.7 Å². The van der Waals surface area contributed by atoms with Crippen molar-refractivity contribution in [3.63, 3.8) is 0 Å². The number of nitrogens with one attached hydrogen (secondary N) is 1. The summed E-state index contributed by atoms with van der Waals surface area (Å²) in [6.45, 7) is 2.21. The van der Waals surface area contributed by atoms with Crippen LogP contribution in [0.1, 0.15) is 25.7 Å². The molecule has 4 heteroatoms. The largest absolute Gasteiger partial charge is 0.486 e. The summed E-state index contributed by atoms with van der Waals surface area (Å²) in [6, 6.07) is 6.69. The van der Waals surface area contributed by atoms with Gasteiger partial charge in [-0.15, -0.1) is 0 Å². The van der Waals surface area contributed by atoms with Crippen molar-refractivity contribution in [1.82, 2.24) is 0 Å². The van der Waals surface area contributed by atoms with Crippen LogP contribution in [0.3, 0.4) is 0 Å². The Balaban J connectivity index is 1.45. The Labute approximate surface area is 124 Å². The van der Waals surface area contributed by atoms with E-state index in [2.05, 4.69) is 11.4 Å². The number of anilines is 1. The van der Waals surface area contributed by atoms with Crippen molar-refractivity contribution in [3.05, 3.63) is 18.2 Å². The maximum atomic E-state index is 5.99. The smallest absolute Gasteiger partial charge is 0.184 e. The van der Waals surface area contributed by atoms with E-state index in [0.717, 1.165) is 23.8 Å². The third-order valence-electron chi connectivity index (χ3n) is 5.91. The van der Waals surface area contributed by atoms with Crippen LogP contribution in [-0.2, 0) is 4.74 Å². The zero-order valence-corrected chi connectivity index (χ0v) is 12.1. The van der Waals surface area contributed by atoms with Crippen LogP contribution in [0.25, 0.3) is 0 Å². The molecule has 1 aromatic carbocycles. The predicted octanol–water partition coefficient (Wildman–Crippen LogP) is 2.83. The number of rotatable bonds is 2. The molecule has 3 unspecified atom stereocenters. The Bertz CT molecular complexity index is 569. The zero-order valence-electron chi connectivity index (χ0n) is 12.1. The molecule has 0 amide bonds. The maximum Gasteiger partial charge on any atom is 0.184 e. The van der Waals surface area contributed by atoms with Gasteiger partial charge in [0.15, 0.2) is 11.5 Å². The molecular weight excluding hydrogens is 266 g/mol. The molecule has 4 nitrogen and oxygen atoms in total. The van der Waals surface area contributed by atoms with E-state index in [-0.39, 0.29) is 0 Å². The Morgan fingerprint density at radius 3 is 2.86 bits per heavy atom. The Hall–Kier alpha value is -1.42. The highest BCUT2D eigenvalue weighted by Gasteiger charge is 2.66. The molecule has 3 fully saturated rings. The molecule has 112 valence electrons. The Morgan fingerprint density at radius 1 is 1.10 bits per heavy atom. The van der Waals surface area contributed by atoms with Gasteiger partial charge in [-0.3, -0.25) is 0 Å². The minimum absolute atomic E-state index is 0.388. The van der Waals surface area contributed by atoms with Gasteiger partial charge in [0, 0.05) is 24.0 Å². The van der Waals surface area contributed by atoms with Crippen molar-refractivity contribution in [2.45, 2.75) is 37.8 Å². The van der Waals surface area contributed by atoms with Crippen LogP contribution < -0.4 is 14.8 Å². The summed E-state index contributed by atoms with van der Waals surface area (Å²) in [4.78, 5) is 0. The molecule has 2 aliphatic heterocycles. The topological polar surface area (TPSA) is 39.7 Å². The van der Waals surface area contributed by atoms with E-state index >= 15 is 0 Å². The van der Waals surface area contributed by atoms with Crippen molar-refractivity contribution in [2.75, 3.05) is 25.1 Å². The number of hydrogen-bond acceptors (Lipinski definition) is 4. The van der Waals surface area contributed by atoms with Crippen LogP contribution in [0, 0.1) is 11.3 Å². The minimum Gasteiger partial charge on any atom is -0.486 e. The predicted molar refractivity (Wildman–Crippen MR) is 79.0 cm³/mol. The third kappa shape index (κ3) is 1.54. The monoisotopic (exact) mass is 287 g/mol. The van der Waals surface area contributed by atoms with Gasteiger partial charge >= 0.3 is 0 Å². The van der Waals surface area contributed by atoms with E-state index in [1.165, 1.54) is 25.7 Å². The van der Waals surface area contributed by atoms with Gasteiger partial charge in [0.05, 0.1) is 11.8 Å². The fourth-order valence-corrected chi connectivity index (χ4v) is 4.81. The summed E-state index contributed by atoms with van der Waals surface area (Å²) in [5.74, 6) is 2.43. The highest BCUT2D eigenvalue weighted by Crippen LogP contribution is 2.63. The molecule has 3 atom stereocenters. The molecule has 2 heterocycles. The third-order valence-corrected chi connectivity index (χ3v) is 5.91. The van der Waals surface area contributed by atoms with Crippen LogP contribution in [-0.4, -0.2) is 32.0 Å². The van der Waals surface area contributed by atoms with Crippen molar-refractivity contribution in [2.24, 2.45) is 11.3 Å². The van der Waals surface area contributed by atoms with Gasteiger partial charge < -0.3 is 19.5 Å². The zero-order chi connectivity index (χ0) is 13.9. The van der Waals surface area contributed by atoms with Crippen molar-refractivity contribution < 1.29 is 14.2 Å². The summed E-state index contributed by atoms with van der Waals surface area (Å²) in [5, 5.41) is 3.79. The average Bonchev–Trinajstić information content (AvgIpc) is 2.88. The first-order valence-electron chi connectivity index (χ1n) is 8.15. The number of para-hydroxylation sites is 1. The molecule has 0 radical (unpaired) electrons. The van der Waals surface area contributed by atoms with E-state index in [9.17, 15) is 0 Å². The molecule has 5 rings (SSSR count). The summed E-state index contributed by atoms with van der Waals surface area (Å²) < 4.78 is 17.5. The van der Waals surface area contributed by atoms with Crippen LogP contribution in [0.5, 0.6) is 11.5 Å². The highest BCUT2D eigenvalue weighted by molar-refractivity contribution is 5.64.